The lowest BCUT2D eigenvalue weighted by Crippen LogP contribution is -2.01. The third kappa shape index (κ3) is 8.21. The van der Waals surface area contributed by atoms with Gasteiger partial charge in [-0.3, -0.25) is 4.57 Å². The lowest BCUT2D eigenvalue weighted by atomic mass is 10.2. The first-order valence-corrected chi connectivity index (χ1v) is 9.52. The number of benzene rings is 1. The average Bonchev–Trinajstić information content (AvgIpc) is 2.49. The summed E-state index contributed by atoms with van der Waals surface area (Å²) in [5.74, 6) is 0. The van der Waals surface area contributed by atoms with Crippen molar-refractivity contribution in [1.29, 1.82) is 0 Å². The number of hydrogen-bond acceptors (Lipinski definition) is 3. The van der Waals surface area contributed by atoms with Crippen molar-refractivity contribution in [2.24, 2.45) is 0 Å². The standard InChI is InChI=1S/C17H27O3P/c1-3-5-14-19-21(18,20-15-6-4-2)16-10-13-17-11-8-7-9-12-17/h7-13H,3-6,14-16H2,1-2H3. The van der Waals surface area contributed by atoms with Crippen LogP contribution < -0.4 is 0 Å². The molecule has 0 radical (unpaired) electrons. The minimum atomic E-state index is -3.00. The molecule has 21 heavy (non-hydrogen) atoms. The van der Waals surface area contributed by atoms with Crippen molar-refractivity contribution >= 4 is 13.7 Å². The highest BCUT2D eigenvalue weighted by molar-refractivity contribution is 7.54. The first-order chi connectivity index (χ1) is 10.2. The monoisotopic (exact) mass is 310 g/mol. The Bertz CT molecular complexity index is 429. The second-order valence-electron chi connectivity index (χ2n) is 4.98. The maximum absolute atomic E-state index is 12.7. The van der Waals surface area contributed by atoms with Crippen molar-refractivity contribution in [3.05, 3.63) is 42.0 Å². The lowest BCUT2D eigenvalue weighted by Gasteiger charge is -2.17. The maximum atomic E-state index is 12.7. The summed E-state index contributed by atoms with van der Waals surface area (Å²) in [7, 11) is -3.00. The zero-order valence-electron chi connectivity index (χ0n) is 13.2. The van der Waals surface area contributed by atoms with Crippen LogP contribution in [0.25, 0.3) is 6.08 Å². The number of hydrogen-bond donors (Lipinski definition) is 0. The van der Waals surface area contributed by atoms with E-state index < -0.39 is 7.60 Å². The van der Waals surface area contributed by atoms with Crippen molar-refractivity contribution in [1.82, 2.24) is 0 Å². The summed E-state index contributed by atoms with van der Waals surface area (Å²) in [6.45, 7) is 5.17. The molecule has 0 heterocycles. The minimum absolute atomic E-state index is 0.329. The number of unbranched alkanes of at least 4 members (excludes halogenated alkanes) is 2. The van der Waals surface area contributed by atoms with Gasteiger partial charge in [0.05, 0.1) is 19.4 Å². The van der Waals surface area contributed by atoms with Gasteiger partial charge in [0.2, 0.25) is 0 Å². The van der Waals surface area contributed by atoms with Gasteiger partial charge in [0, 0.05) is 0 Å². The molecule has 4 heteroatoms. The van der Waals surface area contributed by atoms with E-state index in [4.69, 9.17) is 9.05 Å². The molecule has 1 aromatic carbocycles. The Balaban J connectivity index is 2.54. The molecule has 0 unspecified atom stereocenters. The highest BCUT2D eigenvalue weighted by Gasteiger charge is 2.22. The Morgan fingerprint density at radius 3 is 2.10 bits per heavy atom. The van der Waals surface area contributed by atoms with Crippen LogP contribution in [-0.2, 0) is 13.6 Å². The van der Waals surface area contributed by atoms with Gasteiger partial charge in [-0.1, -0.05) is 69.2 Å². The van der Waals surface area contributed by atoms with Crippen molar-refractivity contribution in [3.8, 4) is 0 Å². The van der Waals surface area contributed by atoms with E-state index in [1.54, 1.807) is 0 Å². The van der Waals surface area contributed by atoms with Crippen LogP contribution in [0.1, 0.15) is 45.1 Å². The van der Waals surface area contributed by atoms with E-state index in [2.05, 4.69) is 13.8 Å². The minimum Gasteiger partial charge on any atom is -0.308 e. The fourth-order valence-corrected chi connectivity index (χ4v) is 3.18. The maximum Gasteiger partial charge on any atom is 0.334 e. The SMILES string of the molecule is CCCCOP(=O)(CC=Cc1ccccc1)OCCCC. The van der Waals surface area contributed by atoms with Crippen molar-refractivity contribution in [2.45, 2.75) is 39.5 Å². The molecule has 0 spiro atoms. The Morgan fingerprint density at radius 2 is 1.57 bits per heavy atom. The lowest BCUT2D eigenvalue weighted by molar-refractivity contribution is 0.202. The van der Waals surface area contributed by atoms with Gasteiger partial charge < -0.3 is 9.05 Å². The summed E-state index contributed by atoms with van der Waals surface area (Å²) in [6.07, 6.45) is 8.03. The second kappa shape index (κ2) is 10.8. The quantitative estimate of drug-likeness (QED) is 0.398. The van der Waals surface area contributed by atoms with Crippen LogP contribution in [0.4, 0.5) is 0 Å². The van der Waals surface area contributed by atoms with Gasteiger partial charge in [0.1, 0.15) is 0 Å². The van der Waals surface area contributed by atoms with Gasteiger partial charge in [-0.2, -0.15) is 0 Å². The smallest absolute Gasteiger partial charge is 0.308 e. The molecule has 3 nitrogen and oxygen atoms in total. The normalized spacial score (nSPS) is 12.1. The molecule has 118 valence electrons. The summed E-state index contributed by atoms with van der Waals surface area (Å²) < 4.78 is 23.7. The molecule has 0 saturated heterocycles. The highest BCUT2D eigenvalue weighted by Crippen LogP contribution is 2.48. The Morgan fingerprint density at radius 1 is 1.00 bits per heavy atom. The van der Waals surface area contributed by atoms with E-state index >= 15 is 0 Å². The van der Waals surface area contributed by atoms with E-state index in [1.807, 2.05) is 42.5 Å². The van der Waals surface area contributed by atoms with Gasteiger partial charge in [-0.05, 0) is 18.4 Å². The average molecular weight is 310 g/mol. The molecular formula is C17H27O3P. The fourth-order valence-electron chi connectivity index (χ4n) is 1.72. The summed E-state index contributed by atoms with van der Waals surface area (Å²) >= 11 is 0. The molecule has 0 saturated carbocycles. The molecule has 0 atom stereocenters. The third-order valence-corrected chi connectivity index (χ3v) is 4.82. The first-order valence-electron chi connectivity index (χ1n) is 7.80. The molecule has 0 aromatic heterocycles. The zero-order valence-corrected chi connectivity index (χ0v) is 14.1. The molecular weight excluding hydrogens is 283 g/mol. The van der Waals surface area contributed by atoms with Crippen LogP contribution in [0.3, 0.4) is 0 Å². The fraction of sp³-hybridized carbons (Fsp3) is 0.529. The zero-order chi connectivity index (χ0) is 15.4. The van der Waals surface area contributed by atoms with Crippen LogP contribution in [-0.4, -0.2) is 19.4 Å². The topological polar surface area (TPSA) is 35.5 Å². The van der Waals surface area contributed by atoms with Gasteiger partial charge >= 0.3 is 7.60 Å². The summed E-state index contributed by atoms with van der Waals surface area (Å²) in [6, 6.07) is 9.96. The van der Waals surface area contributed by atoms with E-state index in [9.17, 15) is 4.57 Å². The van der Waals surface area contributed by atoms with E-state index in [0.717, 1.165) is 31.2 Å². The summed E-state index contributed by atoms with van der Waals surface area (Å²) in [4.78, 5) is 0. The molecule has 0 bridgehead atoms. The van der Waals surface area contributed by atoms with Crippen LogP contribution in [0.15, 0.2) is 36.4 Å². The molecule has 1 aromatic rings. The van der Waals surface area contributed by atoms with Gasteiger partial charge in [0.25, 0.3) is 0 Å². The molecule has 0 aliphatic rings. The van der Waals surface area contributed by atoms with Crippen LogP contribution in [0.5, 0.6) is 0 Å². The summed E-state index contributed by atoms with van der Waals surface area (Å²) in [5.41, 5.74) is 1.09. The van der Waals surface area contributed by atoms with Gasteiger partial charge in [-0.25, -0.2) is 0 Å². The number of rotatable bonds is 11. The van der Waals surface area contributed by atoms with Gasteiger partial charge in [0.15, 0.2) is 0 Å². The Hall–Kier alpha value is -0.890. The predicted octanol–water partition coefficient (Wildman–Crippen LogP) is 5.53. The van der Waals surface area contributed by atoms with Crippen LogP contribution >= 0.6 is 7.60 Å². The van der Waals surface area contributed by atoms with Crippen molar-refractivity contribution < 1.29 is 13.6 Å². The summed E-state index contributed by atoms with van der Waals surface area (Å²) in [5, 5.41) is 0. The van der Waals surface area contributed by atoms with Crippen molar-refractivity contribution in [3.63, 3.8) is 0 Å². The van der Waals surface area contributed by atoms with Crippen molar-refractivity contribution in [2.75, 3.05) is 19.4 Å². The predicted molar refractivity (Wildman–Crippen MR) is 89.7 cm³/mol. The second-order valence-corrected chi connectivity index (χ2v) is 7.08. The largest absolute Gasteiger partial charge is 0.334 e. The van der Waals surface area contributed by atoms with Crippen LogP contribution in [0, 0.1) is 0 Å². The highest BCUT2D eigenvalue weighted by atomic mass is 31.2. The molecule has 0 aliphatic carbocycles. The Kier molecular flexibility index (Phi) is 9.32. The Labute approximate surface area is 128 Å². The molecule has 1 rings (SSSR count). The molecule has 0 aliphatic heterocycles. The van der Waals surface area contributed by atoms with Gasteiger partial charge in [-0.15, -0.1) is 0 Å². The first kappa shape index (κ1) is 18.2. The van der Waals surface area contributed by atoms with E-state index in [-0.39, 0.29) is 0 Å². The third-order valence-electron chi connectivity index (χ3n) is 3.01. The number of allylic oxidation sites excluding steroid dienone is 1. The molecule has 0 fully saturated rings. The van der Waals surface area contributed by atoms with E-state index in [0.29, 0.717) is 19.4 Å². The van der Waals surface area contributed by atoms with Crippen LogP contribution in [0.2, 0.25) is 0 Å². The van der Waals surface area contributed by atoms with E-state index in [1.165, 1.54) is 0 Å². The molecule has 0 N–H and O–H groups in total. The molecule has 0 amide bonds.